The zero-order valence-electron chi connectivity index (χ0n) is 17.2. The summed E-state index contributed by atoms with van der Waals surface area (Å²) in [7, 11) is 0. The number of aliphatic hydroxyl groups is 1. The number of hydrogen-bond donors (Lipinski definition) is 2. The van der Waals surface area contributed by atoms with Crippen LogP contribution >= 0.6 is 0 Å². The van der Waals surface area contributed by atoms with Crippen LogP contribution < -0.4 is 0 Å². The van der Waals surface area contributed by atoms with Crippen molar-refractivity contribution in [3.8, 4) is 0 Å². The number of allylic oxidation sites excluding steroid dienone is 2. The van der Waals surface area contributed by atoms with Crippen LogP contribution in [0.1, 0.15) is 72.1 Å². The summed E-state index contributed by atoms with van der Waals surface area (Å²) >= 11 is 0. The fraction of sp³-hybridized carbons (Fsp3) is 0.792. The molecule has 0 spiro atoms. The molecule has 0 aromatic rings. The molecule has 0 aliphatic heterocycles. The van der Waals surface area contributed by atoms with Gasteiger partial charge in [-0.15, -0.1) is 0 Å². The summed E-state index contributed by atoms with van der Waals surface area (Å²) in [5, 5.41) is 19.1. The van der Waals surface area contributed by atoms with Crippen LogP contribution in [0.3, 0.4) is 0 Å². The second-order valence-corrected chi connectivity index (χ2v) is 10.4. The topological polar surface area (TPSA) is 57.5 Å². The van der Waals surface area contributed by atoms with Gasteiger partial charge in [0, 0.05) is 6.08 Å². The molecule has 27 heavy (non-hydrogen) atoms. The fourth-order valence-electron chi connectivity index (χ4n) is 7.91. The van der Waals surface area contributed by atoms with Gasteiger partial charge >= 0.3 is 5.97 Å². The van der Waals surface area contributed by atoms with Gasteiger partial charge in [-0.2, -0.15) is 0 Å². The molecule has 0 saturated heterocycles. The third kappa shape index (κ3) is 3.01. The highest BCUT2D eigenvalue weighted by molar-refractivity contribution is 5.79. The van der Waals surface area contributed by atoms with Crippen molar-refractivity contribution in [2.24, 2.45) is 40.4 Å². The van der Waals surface area contributed by atoms with E-state index in [2.05, 4.69) is 26.8 Å². The predicted molar refractivity (Wildman–Crippen MR) is 107 cm³/mol. The van der Waals surface area contributed by atoms with E-state index in [9.17, 15) is 9.90 Å². The highest BCUT2D eigenvalue weighted by Gasteiger charge is 2.58. The van der Waals surface area contributed by atoms with Crippen LogP contribution in [0.2, 0.25) is 0 Å². The average Bonchev–Trinajstić information content (AvgIpc) is 2.97. The highest BCUT2D eigenvalue weighted by Crippen LogP contribution is 2.67. The zero-order chi connectivity index (χ0) is 19.4. The van der Waals surface area contributed by atoms with Crippen molar-refractivity contribution in [2.45, 2.75) is 78.2 Å². The maximum atomic E-state index is 11.0. The van der Waals surface area contributed by atoms with Crippen LogP contribution in [-0.2, 0) is 4.79 Å². The van der Waals surface area contributed by atoms with Crippen LogP contribution in [0.4, 0.5) is 0 Å². The Kier molecular flexibility index (Phi) is 4.81. The van der Waals surface area contributed by atoms with Gasteiger partial charge in [0.1, 0.15) is 0 Å². The van der Waals surface area contributed by atoms with Crippen molar-refractivity contribution in [3.63, 3.8) is 0 Å². The zero-order valence-corrected chi connectivity index (χ0v) is 17.2. The summed E-state index contributed by atoms with van der Waals surface area (Å²) in [5.41, 5.74) is 2.19. The molecule has 0 amide bonds. The van der Waals surface area contributed by atoms with Gasteiger partial charge in [0.25, 0.3) is 0 Å². The van der Waals surface area contributed by atoms with Crippen molar-refractivity contribution in [3.05, 3.63) is 23.8 Å². The first-order chi connectivity index (χ1) is 12.8. The summed E-state index contributed by atoms with van der Waals surface area (Å²) in [6.07, 6.45) is 14.9. The SMILES string of the molecule is C[C@H](/C=C/C(=O)O)[C@H]1CC[C@H]2[C@@H]3CC=C4C[C@@H](O)CC[C@]4(C)[C@H]3CC[C@]12C. The second kappa shape index (κ2) is 6.76. The first-order valence-corrected chi connectivity index (χ1v) is 11.0. The molecule has 150 valence electrons. The van der Waals surface area contributed by atoms with Gasteiger partial charge in [0.15, 0.2) is 0 Å². The molecule has 3 heteroatoms. The smallest absolute Gasteiger partial charge is 0.327 e. The molecule has 3 fully saturated rings. The van der Waals surface area contributed by atoms with Gasteiger partial charge in [0.2, 0.25) is 0 Å². The largest absolute Gasteiger partial charge is 0.478 e. The fourth-order valence-corrected chi connectivity index (χ4v) is 7.91. The summed E-state index contributed by atoms with van der Waals surface area (Å²) < 4.78 is 0. The number of rotatable bonds is 3. The number of carbonyl (C=O) groups is 1. The lowest BCUT2D eigenvalue weighted by atomic mass is 9.47. The molecule has 0 radical (unpaired) electrons. The minimum absolute atomic E-state index is 0.132. The second-order valence-electron chi connectivity index (χ2n) is 10.4. The van der Waals surface area contributed by atoms with E-state index in [-0.39, 0.29) is 6.10 Å². The van der Waals surface area contributed by atoms with Gasteiger partial charge in [0.05, 0.1) is 6.10 Å². The molecular weight excluding hydrogens is 336 g/mol. The number of aliphatic carboxylic acids is 1. The first kappa shape index (κ1) is 19.2. The molecular formula is C24H36O3. The van der Waals surface area contributed by atoms with E-state index in [0.717, 1.165) is 37.0 Å². The third-order valence-corrected chi connectivity index (χ3v) is 9.33. The summed E-state index contributed by atoms with van der Waals surface area (Å²) in [6, 6.07) is 0. The molecule has 8 atom stereocenters. The monoisotopic (exact) mass is 372 g/mol. The van der Waals surface area contributed by atoms with E-state index in [1.807, 2.05) is 6.08 Å². The van der Waals surface area contributed by atoms with Crippen LogP contribution in [-0.4, -0.2) is 22.3 Å². The Morgan fingerprint density at radius 1 is 1.19 bits per heavy atom. The van der Waals surface area contributed by atoms with Crippen molar-refractivity contribution in [1.82, 2.24) is 0 Å². The van der Waals surface area contributed by atoms with E-state index in [1.165, 1.54) is 38.2 Å². The Bertz CT molecular complexity index is 665. The lowest BCUT2D eigenvalue weighted by Crippen LogP contribution is -2.50. The summed E-state index contributed by atoms with van der Waals surface area (Å²) in [5.74, 6) is 2.42. The molecule has 0 bridgehead atoms. The molecule has 4 rings (SSSR count). The number of fused-ring (bicyclic) bond motifs is 5. The minimum atomic E-state index is -0.831. The maximum Gasteiger partial charge on any atom is 0.327 e. The number of carboxylic acids is 1. The molecule has 0 aromatic heterocycles. The quantitative estimate of drug-likeness (QED) is 0.528. The maximum absolute atomic E-state index is 11.0. The predicted octanol–water partition coefficient (Wildman–Crippen LogP) is 5.20. The van der Waals surface area contributed by atoms with Crippen molar-refractivity contribution in [2.75, 3.05) is 0 Å². The Labute approximate surface area is 163 Å². The Balaban J connectivity index is 1.58. The van der Waals surface area contributed by atoms with Gasteiger partial charge in [-0.25, -0.2) is 4.79 Å². The highest BCUT2D eigenvalue weighted by atomic mass is 16.4. The van der Waals surface area contributed by atoms with E-state index in [4.69, 9.17) is 5.11 Å². The van der Waals surface area contributed by atoms with Crippen molar-refractivity contribution < 1.29 is 15.0 Å². The van der Waals surface area contributed by atoms with E-state index >= 15 is 0 Å². The van der Waals surface area contributed by atoms with Gasteiger partial charge in [-0.1, -0.05) is 38.5 Å². The van der Waals surface area contributed by atoms with Crippen LogP contribution in [0.5, 0.6) is 0 Å². The molecule has 0 unspecified atom stereocenters. The average molecular weight is 373 g/mol. The number of hydrogen-bond acceptors (Lipinski definition) is 2. The van der Waals surface area contributed by atoms with E-state index in [1.54, 1.807) is 5.57 Å². The van der Waals surface area contributed by atoms with Gasteiger partial charge in [-0.05, 0) is 91.8 Å². The molecule has 4 aliphatic rings. The minimum Gasteiger partial charge on any atom is -0.478 e. The molecule has 3 saturated carbocycles. The third-order valence-electron chi connectivity index (χ3n) is 9.33. The van der Waals surface area contributed by atoms with Crippen molar-refractivity contribution >= 4 is 5.97 Å². The van der Waals surface area contributed by atoms with Crippen LogP contribution in [0.25, 0.3) is 0 Å². The Hall–Kier alpha value is -1.09. The molecule has 2 N–H and O–H groups in total. The standard InChI is InChI=1S/C24H36O3/c1-15(4-9-22(26)27)19-7-8-20-18-6-5-16-14-17(25)10-12-23(16,2)21(18)11-13-24(19,20)3/h4-5,9,15,17-21,25H,6-8,10-14H2,1-3H3,(H,26,27)/b9-4+/t15-,17+,18+,19-,20+,21+,23+,24-/m1/s1. The normalized spacial score (nSPS) is 47.7. The van der Waals surface area contributed by atoms with Crippen LogP contribution in [0.15, 0.2) is 23.8 Å². The molecule has 4 aliphatic carbocycles. The number of aliphatic hydroxyl groups excluding tert-OH is 1. The van der Waals surface area contributed by atoms with Gasteiger partial charge in [-0.3, -0.25) is 0 Å². The lowest BCUT2D eigenvalue weighted by Gasteiger charge is -2.58. The molecule has 0 heterocycles. The van der Waals surface area contributed by atoms with Gasteiger partial charge < -0.3 is 10.2 Å². The first-order valence-electron chi connectivity index (χ1n) is 11.0. The summed E-state index contributed by atoms with van der Waals surface area (Å²) in [6.45, 7) is 7.20. The summed E-state index contributed by atoms with van der Waals surface area (Å²) in [4.78, 5) is 11.0. The van der Waals surface area contributed by atoms with E-state index < -0.39 is 5.97 Å². The number of carboxylic acid groups (broad SMARTS) is 1. The van der Waals surface area contributed by atoms with Crippen LogP contribution in [0, 0.1) is 40.4 Å². The van der Waals surface area contributed by atoms with Crippen molar-refractivity contribution in [1.29, 1.82) is 0 Å². The lowest BCUT2D eigenvalue weighted by molar-refractivity contribution is -0.131. The Morgan fingerprint density at radius 2 is 1.96 bits per heavy atom. The molecule has 3 nitrogen and oxygen atoms in total. The Morgan fingerprint density at radius 3 is 2.70 bits per heavy atom. The van der Waals surface area contributed by atoms with E-state index in [0.29, 0.717) is 22.7 Å². The molecule has 0 aromatic carbocycles.